The number of hydrogen-bond acceptors (Lipinski definition) is 6. The van der Waals surface area contributed by atoms with Crippen molar-refractivity contribution >= 4 is 48.9 Å². The van der Waals surface area contributed by atoms with Gasteiger partial charge in [-0.25, -0.2) is 9.78 Å². The summed E-state index contributed by atoms with van der Waals surface area (Å²) < 4.78 is 4.85. The molecule has 1 unspecified atom stereocenters. The monoisotopic (exact) mass is 354 g/mol. The average molecular weight is 355 g/mol. The molecule has 0 saturated heterocycles. The zero-order valence-electron chi connectivity index (χ0n) is 11.4. The summed E-state index contributed by atoms with van der Waals surface area (Å²) in [7, 11) is 2.82. The number of aromatic nitrogens is 1. The van der Waals surface area contributed by atoms with Crippen LogP contribution in [0.3, 0.4) is 0 Å². The molecule has 108 valence electrons. The normalized spacial score (nSPS) is 11.6. The molecule has 0 saturated carbocycles. The Morgan fingerprint density at radius 1 is 1.43 bits per heavy atom. The van der Waals surface area contributed by atoms with Crippen LogP contribution >= 0.6 is 43.0 Å². The van der Waals surface area contributed by atoms with Crippen molar-refractivity contribution in [3.63, 3.8) is 0 Å². The lowest BCUT2D eigenvalue weighted by molar-refractivity contribution is 0.0606. The smallest absolute Gasteiger partial charge is 0.392 e. The Hall–Kier alpha value is -1.15. The predicted molar refractivity (Wildman–Crippen MR) is 93.6 cm³/mol. The largest absolute Gasteiger partial charge is 0.462 e. The molecule has 0 aliphatic heterocycles. The van der Waals surface area contributed by atoms with E-state index in [1.165, 1.54) is 7.11 Å². The van der Waals surface area contributed by atoms with Crippen molar-refractivity contribution in [2.24, 2.45) is 0 Å². The van der Waals surface area contributed by atoms with Crippen molar-refractivity contribution in [1.29, 1.82) is 0 Å². The van der Waals surface area contributed by atoms with Crippen LogP contribution in [-0.4, -0.2) is 24.3 Å². The fourth-order valence-electron chi connectivity index (χ4n) is 1.85. The van der Waals surface area contributed by atoms with Crippen LogP contribution in [0.2, 0.25) is 0 Å². The van der Waals surface area contributed by atoms with Gasteiger partial charge in [0.25, 0.3) is 4.88 Å². The molecular weight excluding hydrogens is 342 g/mol. The molecule has 0 amide bonds. The molecule has 3 heterocycles. The van der Waals surface area contributed by atoms with Crippen molar-refractivity contribution in [3.05, 3.63) is 39.2 Å². The highest BCUT2D eigenvalue weighted by molar-refractivity contribution is 8.45. The Bertz CT molecular complexity index is 758. The van der Waals surface area contributed by atoms with Gasteiger partial charge in [0, 0.05) is 17.7 Å². The average Bonchev–Trinajstić information content (AvgIpc) is 3.23. The predicted octanol–water partition coefficient (Wildman–Crippen LogP) is 5.20. The molecule has 7 heteroatoms. The Morgan fingerprint density at radius 3 is 2.95 bits per heavy atom. The van der Waals surface area contributed by atoms with Gasteiger partial charge >= 0.3 is 5.97 Å². The van der Waals surface area contributed by atoms with Crippen molar-refractivity contribution < 1.29 is 9.53 Å². The van der Waals surface area contributed by atoms with Gasteiger partial charge in [-0.1, -0.05) is 6.07 Å². The van der Waals surface area contributed by atoms with Crippen molar-refractivity contribution in [2.75, 3.05) is 13.4 Å². The second kappa shape index (κ2) is 6.31. The first-order valence-corrected chi connectivity index (χ1v) is 10.8. The standard InChI is InChI=1S/C14H12NO2S4/c1-17-14(16)12-6-9(8-21(12)18-2)13-15-10(7-20-13)11-4-3-5-19-11/h3-8H,1-2H3/q+1. The van der Waals surface area contributed by atoms with E-state index in [1.807, 2.05) is 23.8 Å². The van der Waals surface area contributed by atoms with Gasteiger partial charge in [-0.2, -0.15) is 0 Å². The highest BCUT2D eigenvalue weighted by atomic mass is 33.1. The summed E-state index contributed by atoms with van der Waals surface area (Å²) in [5.41, 5.74) is 2.01. The number of hydrogen-bond donors (Lipinski definition) is 0. The van der Waals surface area contributed by atoms with Crippen molar-refractivity contribution in [3.8, 4) is 21.1 Å². The van der Waals surface area contributed by atoms with Gasteiger partial charge in [-0.15, -0.1) is 22.7 Å². The summed E-state index contributed by atoms with van der Waals surface area (Å²) in [5, 5.41) is 7.16. The summed E-state index contributed by atoms with van der Waals surface area (Å²) in [5.74, 6) is -0.256. The van der Waals surface area contributed by atoms with E-state index in [2.05, 4.69) is 21.8 Å². The number of carbonyl (C=O) groups excluding carboxylic acids is 1. The van der Waals surface area contributed by atoms with Crippen LogP contribution in [0.15, 0.2) is 34.3 Å². The van der Waals surface area contributed by atoms with E-state index in [1.54, 1.807) is 33.5 Å². The number of nitrogens with zero attached hydrogens (tertiary/aromatic N) is 1. The summed E-state index contributed by atoms with van der Waals surface area (Å²) in [6.07, 6.45) is 2.00. The molecule has 0 aromatic carbocycles. The quantitative estimate of drug-likeness (QED) is 0.367. The number of thiophene rings is 2. The lowest BCUT2D eigenvalue weighted by Crippen LogP contribution is -1.98. The zero-order chi connectivity index (χ0) is 14.8. The molecule has 3 aromatic heterocycles. The minimum absolute atomic E-state index is 0.250. The molecule has 0 fully saturated rings. The Balaban J connectivity index is 1.97. The van der Waals surface area contributed by atoms with Gasteiger partial charge in [-0.3, -0.25) is 0 Å². The molecule has 0 aliphatic carbocycles. The van der Waals surface area contributed by atoms with E-state index in [4.69, 9.17) is 4.74 Å². The van der Waals surface area contributed by atoms with Gasteiger partial charge in [-0.05, 0) is 11.4 Å². The topological polar surface area (TPSA) is 39.2 Å². The molecule has 1 atom stereocenters. The van der Waals surface area contributed by atoms with E-state index in [-0.39, 0.29) is 15.5 Å². The van der Waals surface area contributed by atoms with Crippen molar-refractivity contribution in [1.82, 2.24) is 4.98 Å². The number of ether oxygens (including phenoxy) is 1. The highest BCUT2D eigenvalue weighted by Crippen LogP contribution is 2.42. The third kappa shape index (κ3) is 2.91. The molecule has 3 aromatic rings. The van der Waals surface area contributed by atoms with Crippen LogP contribution in [0.5, 0.6) is 0 Å². The fourth-order valence-corrected chi connectivity index (χ4v) is 6.28. The number of thiazole rings is 1. The summed E-state index contributed by atoms with van der Waals surface area (Å²) >= 11 is 3.28. The molecule has 3 rings (SSSR count). The first kappa shape index (κ1) is 14.8. The van der Waals surface area contributed by atoms with Gasteiger partial charge < -0.3 is 4.74 Å². The van der Waals surface area contributed by atoms with Crippen LogP contribution in [0.1, 0.15) is 9.67 Å². The number of rotatable bonds is 4. The van der Waals surface area contributed by atoms with E-state index in [0.717, 1.165) is 21.1 Å². The second-order valence-electron chi connectivity index (χ2n) is 4.05. The number of carbonyl (C=O) groups is 1. The maximum absolute atomic E-state index is 11.8. The highest BCUT2D eigenvalue weighted by Gasteiger charge is 2.26. The Labute approximate surface area is 137 Å². The molecule has 0 N–H and O–H groups in total. The molecule has 0 bridgehead atoms. The minimum atomic E-state index is -0.256. The summed E-state index contributed by atoms with van der Waals surface area (Å²) in [6, 6.07) is 5.99. The number of methoxy groups -OCH3 is 1. The Morgan fingerprint density at radius 2 is 2.29 bits per heavy atom. The molecule has 0 aliphatic rings. The molecule has 0 spiro atoms. The third-order valence-corrected chi connectivity index (χ3v) is 8.06. The van der Waals surface area contributed by atoms with Crippen LogP contribution in [-0.2, 0) is 4.74 Å². The lowest BCUT2D eigenvalue weighted by Gasteiger charge is -1.90. The van der Waals surface area contributed by atoms with Gasteiger partial charge in [0.2, 0.25) is 0 Å². The molecular formula is C14H12NO2S4+. The zero-order valence-corrected chi connectivity index (χ0v) is 14.6. The maximum Gasteiger partial charge on any atom is 0.392 e. The first-order valence-electron chi connectivity index (χ1n) is 6.02. The molecule has 0 radical (unpaired) electrons. The Kier molecular flexibility index (Phi) is 4.44. The van der Waals surface area contributed by atoms with E-state index < -0.39 is 0 Å². The van der Waals surface area contributed by atoms with Gasteiger partial charge in [0.05, 0.1) is 32.7 Å². The van der Waals surface area contributed by atoms with Crippen molar-refractivity contribution in [2.45, 2.75) is 0 Å². The molecule has 21 heavy (non-hydrogen) atoms. The van der Waals surface area contributed by atoms with Crippen LogP contribution < -0.4 is 0 Å². The lowest BCUT2D eigenvalue weighted by atomic mass is 10.3. The fraction of sp³-hybridized carbons (Fsp3) is 0.143. The first-order chi connectivity index (χ1) is 10.2. The summed E-state index contributed by atoms with van der Waals surface area (Å²) in [4.78, 5) is 18.4. The second-order valence-corrected chi connectivity index (χ2v) is 9.54. The van der Waals surface area contributed by atoms with Crippen LogP contribution in [0.4, 0.5) is 0 Å². The van der Waals surface area contributed by atoms with Crippen LogP contribution in [0, 0.1) is 0 Å². The van der Waals surface area contributed by atoms with E-state index >= 15 is 0 Å². The molecule has 3 nitrogen and oxygen atoms in total. The third-order valence-electron chi connectivity index (χ3n) is 2.83. The number of esters is 1. The SMILES string of the molecule is COC(=O)c1cc(-c2nc(-c3cccs3)cs2)c[s+]1SC. The van der Waals surface area contributed by atoms with Crippen LogP contribution in [0.25, 0.3) is 21.1 Å². The summed E-state index contributed by atoms with van der Waals surface area (Å²) in [6.45, 7) is 0. The maximum atomic E-state index is 11.8. The van der Waals surface area contributed by atoms with E-state index in [9.17, 15) is 4.79 Å². The minimum Gasteiger partial charge on any atom is -0.462 e. The van der Waals surface area contributed by atoms with E-state index in [0.29, 0.717) is 4.88 Å². The van der Waals surface area contributed by atoms with Gasteiger partial charge in [0.15, 0.2) is 5.38 Å². The van der Waals surface area contributed by atoms with Gasteiger partial charge in [0.1, 0.15) is 15.8 Å².